The van der Waals surface area contributed by atoms with Crippen molar-refractivity contribution in [3.8, 4) is 5.75 Å². The monoisotopic (exact) mass is 404 g/mol. The van der Waals surface area contributed by atoms with Gasteiger partial charge in [0.25, 0.3) is 0 Å². The highest BCUT2D eigenvalue weighted by atomic mass is 127. The summed E-state index contributed by atoms with van der Waals surface area (Å²) < 4.78 is 29.1. The normalized spacial score (nSPS) is 12.6. The van der Waals surface area contributed by atoms with E-state index in [1.807, 2.05) is 22.6 Å². The lowest BCUT2D eigenvalue weighted by Gasteiger charge is -2.11. The maximum atomic E-state index is 12.1. The molecule has 0 saturated carbocycles. The molecule has 0 aliphatic heterocycles. The van der Waals surface area contributed by atoms with Crippen LogP contribution in [0.2, 0.25) is 0 Å². The van der Waals surface area contributed by atoms with Crippen LogP contribution in [0.1, 0.15) is 17.3 Å². The highest BCUT2D eigenvalue weighted by molar-refractivity contribution is 14.1. The Labute approximate surface area is 114 Å². The molecule has 1 unspecified atom stereocenters. The minimum absolute atomic E-state index is 0.0822. The van der Waals surface area contributed by atoms with Gasteiger partial charge in [-0.2, -0.15) is 8.78 Å². The number of hydrogen-bond acceptors (Lipinski definition) is 2. The van der Waals surface area contributed by atoms with Gasteiger partial charge in [0, 0.05) is 0 Å². The zero-order chi connectivity index (χ0) is 12.3. The predicted octanol–water partition coefficient (Wildman–Crippen LogP) is 3.92. The number of hydrogen-bond donors (Lipinski definition) is 0. The first-order chi connectivity index (χ1) is 7.41. The summed E-state index contributed by atoms with van der Waals surface area (Å²) in [5.74, 6) is -0.0111. The lowest BCUT2D eigenvalue weighted by atomic mass is 10.1. The van der Waals surface area contributed by atoms with Crippen LogP contribution in [0.15, 0.2) is 18.2 Å². The fourth-order valence-electron chi connectivity index (χ4n) is 1.10. The molecular weight excluding hydrogens is 397 g/mol. The molecule has 1 rings (SSSR count). The zero-order valence-electron chi connectivity index (χ0n) is 8.22. The number of alkyl halides is 3. The van der Waals surface area contributed by atoms with Crippen molar-refractivity contribution in [3.63, 3.8) is 0 Å². The molecule has 16 heavy (non-hydrogen) atoms. The van der Waals surface area contributed by atoms with E-state index in [0.29, 0.717) is 9.13 Å². The fourth-order valence-corrected chi connectivity index (χ4v) is 1.85. The average Bonchev–Trinajstić information content (AvgIpc) is 2.19. The largest absolute Gasteiger partial charge is 0.434 e. The third-order valence-corrected chi connectivity index (χ3v) is 3.89. The number of ether oxygens (including phenoxy) is 1. The second-order valence-corrected chi connectivity index (χ2v) is 5.12. The van der Waals surface area contributed by atoms with Gasteiger partial charge in [0.05, 0.1) is 8.40 Å². The van der Waals surface area contributed by atoms with E-state index in [0.717, 1.165) is 0 Å². The highest BCUT2D eigenvalue weighted by Crippen LogP contribution is 2.30. The predicted molar refractivity (Wildman–Crippen MR) is 68.1 cm³/mol. The Morgan fingerprint density at radius 1 is 1.50 bits per heavy atom. The molecule has 0 heterocycles. The molecule has 0 bridgehead atoms. The van der Waals surface area contributed by atoms with E-state index in [4.69, 9.17) is 0 Å². The van der Waals surface area contributed by atoms with Crippen molar-refractivity contribution >= 4 is 44.3 Å². The zero-order valence-corrected chi connectivity index (χ0v) is 12.0. The smallest absolute Gasteiger partial charge is 0.387 e. The van der Waals surface area contributed by atoms with Gasteiger partial charge in [-0.15, -0.1) is 0 Å². The van der Waals surface area contributed by atoms with Crippen LogP contribution in [-0.4, -0.2) is 12.4 Å². The van der Waals surface area contributed by atoms with Crippen LogP contribution in [0.3, 0.4) is 0 Å². The highest BCUT2D eigenvalue weighted by Gasteiger charge is 2.16. The third kappa shape index (κ3) is 3.65. The van der Waals surface area contributed by atoms with Crippen LogP contribution < -0.4 is 4.74 Å². The van der Waals surface area contributed by atoms with Crippen LogP contribution in [0.4, 0.5) is 8.78 Å². The molecule has 88 valence electrons. The first-order valence-electron chi connectivity index (χ1n) is 4.30. The number of rotatable bonds is 4. The molecule has 0 amide bonds. The maximum absolute atomic E-state index is 12.1. The van der Waals surface area contributed by atoms with Crippen LogP contribution in [0.25, 0.3) is 0 Å². The molecule has 6 heteroatoms. The number of ketones is 1. The summed E-state index contributed by atoms with van der Waals surface area (Å²) in [4.78, 5) is 10.6. The minimum atomic E-state index is -2.87. The van der Waals surface area contributed by atoms with Gasteiger partial charge < -0.3 is 4.74 Å². The quantitative estimate of drug-likeness (QED) is 0.561. The Bertz CT molecular complexity index is 398. The Kier molecular flexibility index (Phi) is 5.10. The van der Waals surface area contributed by atoms with E-state index in [-0.39, 0.29) is 11.5 Å². The molecule has 1 atom stereocenters. The van der Waals surface area contributed by atoms with E-state index in [1.54, 1.807) is 12.1 Å². The van der Waals surface area contributed by atoms with Gasteiger partial charge in [-0.25, -0.2) is 0 Å². The fraction of sp³-hybridized carbons (Fsp3) is 0.300. The Morgan fingerprint density at radius 2 is 2.12 bits per heavy atom. The molecule has 0 N–H and O–H groups in total. The third-order valence-electron chi connectivity index (χ3n) is 1.82. The van der Waals surface area contributed by atoms with E-state index >= 15 is 0 Å². The molecule has 0 aromatic heterocycles. The summed E-state index contributed by atoms with van der Waals surface area (Å²) in [6.45, 7) is -1.44. The van der Waals surface area contributed by atoms with Crippen LogP contribution in [0.5, 0.6) is 5.75 Å². The van der Waals surface area contributed by atoms with Gasteiger partial charge in [-0.1, -0.05) is 22.0 Å². The molecule has 0 fully saturated rings. The standard InChI is InChI=1S/C10H8BrF2IO2/c1-5(15)9(11)6-2-3-7(14)8(4-6)16-10(12)13/h2-4,9-10H,1H3. The summed E-state index contributed by atoms with van der Waals surface area (Å²) in [5.41, 5.74) is 0.601. The topological polar surface area (TPSA) is 26.3 Å². The van der Waals surface area contributed by atoms with Gasteiger partial charge in [0.15, 0.2) is 0 Å². The molecule has 0 aliphatic rings. The van der Waals surface area contributed by atoms with Crippen LogP contribution in [0, 0.1) is 3.57 Å². The number of carbonyl (C=O) groups is 1. The van der Waals surface area contributed by atoms with E-state index < -0.39 is 11.4 Å². The van der Waals surface area contributed by atoms with Crippen LogP contribution in [-0.2, 0) is 4.79 Å². The summed E-state index contributed by atoms with van der Waals surface area (Å²) in [7, 11) is 0. The van der Waals surface area contributed by atoms with Gasteiger partial charge in [0.2, 0.25) is 0 Å². The second-order valence-electron chi connectivity index (χ2n) is 3.04. The molecule has 1 aromatic rings. The number of halogens is 4. The van der Waals surface area contributed by atoms with Crippen molar-refractivity contribution in [2.24, 2.45) is 0 Å². The van der Waals surface area contributed by atoms with Crippen molar-refractivity contribution in [2.45, 2.75) is 18.4 Å². The average molecular weight is 405 g/mol. The first kappa shape index (κ1) is 13.8. The van der Waals surface area contributed by atoms with Crippen molar-refractivity contribution < 1.29 is 18.3 Å². The van der Waals surface area contributed by atoms with E-state index in [9.17, 15) is 13.6 Å². The Hall–Kier alpha value is -0.240. The molecule has 0 saturated heterocycles. The minimum Gasteiger partial charge on any atom is -0.434 e. The van der Waals surface area contributed by atoms with Gasteiger partial charge in [-0.3, -0.25) is 4.79 Å². The number of carbonyl (C=O) groups excluding carboxylic acids is 1. The van der Waals surface area contributed by atoms with Crippen molar-refractivity contribution in [1.29, 1.82) is 0 Å². The summed E-state index contributed by atoms with van der Waals surface area (Å²) in [6, 6.07) is 4.76. The number of Topliss-reactive ketones (excluding diaryl/α,β-unsaturated/α-hetero) is 1. The Morgan fingerprint density at radius 3 is 2.62 bits per heavy atom. The molecule has 0 spiro atoms. The molecular formula is C10H8BrF2IO2. The van der Waals surface area contributed by atoms with Crippen LogP contribution >= 0.6 is 38.5 Å². The van der Waals surface area contributed by atoms with Gasteiger partial charge in [-0.05, 0) is 47.2 Å². The summed E-state index contributed by atoms with van der Waals surface area (Å²) >= 11 is 5.07. The molecule has 1 aromatic carbocycles. The maximum Gasteiger partial charge on any atom is 0.387 e. The lowest BCUT2D eigenvalue weighted by molar-refractivity contribution is -0.116. The van der Waals surface area contributed by atoms with E-state index in [1.165, 1.54) is 13.0 Å². The number of benzene rings is 1. The SMILES string of the molecule is CC(=O)C(Br)c1ccc(I)c(OC(F)F)c1. The molecule has 2 nitrogen and oxygen atoms in total. The van der Waals surface area contributed by atoms with Gasteiger partial charge >= 0.3 is 6.61 Å². The molecule has 0 radical (unpaired) electrons. The second kappa shape index (κ2) is 5.90. The van der Waals surface area contributed by atoms with Crippen molar-refractivity contribution in [1.82, 2.24) is 0 Å². The van der Waals surface area contributed by atoms with E-state index in [2.05, 4.69) is 20.7 Å². The Balaban J connectivity index is 3.02. The van der Waals surface area contributed by atoms with Crippen molar-refractivity contribution in [3.05, 3.63) is 27.3 Å². The van der Waals surface area contributed by atoms with Crippen molar-refractivity contribution in [2.75, 3.05) is 0 Å². The lowest BCUT2D eigenvalue weighted by Crippen LogP contribution is -2.06. The van der Waals surface area contributed by atoms with Gasteiger partial charge in [0.1, 0.15) is 11.5 Å². The first-order valence-corrected chi connectivity index (χ1v) is 6.30. The summed E-state index contributed by atoms with van der Waals surface area (Å²) in [6.07, 6.45) is 0. The summed E-state index contributed by atoms with van der Waals surface area (Å²) in [5, 5.41) is 0. The molecule has 0 aliphatic carbocycles.